The molecule has 2 N–H and O–H groups in total. The molecule has 1 aromatic heterocycles. The van der Waals surface area contributed by atoms with Gasteiger partial charge in [0.05, 0.1) is 5.52 Å². The number of carbonyl (C=O) groups is 1. The van der Waals surface area contributed by atoms with Crippen LogP contribution in [-0.2, 0) is 13.5 Å². The summed E-state index contributed by atoms with van der Waals surface area (Å²) in [7, 11) is 1.80. The van der Waals surface area contributed by atoms with Crippen LogP contribution in [0.4, 0.5) is 0 Å². The van der Waals surface area contributed by atoms with Gasteiger partial charge in [0.1, 0.15) is 5.56 Å². The Morgan fingerprint density at radius 2 is 2.12 bits per heavy atom. The molecule has 17 heavy (non-hydrogen) atoms. The fourth-order valence-corrected chi connectivity index (χ4v) is 1.92. The molecule has 2 rings (SSSR count). The number of pyridine rings is 1. The Morgan fingerprint density at radius 1 is 1.41 bits per heavy atom. The standard InChI is InChI=1S/C13H14N2O2/c1-3-8-4-5-9-11(6-8)15(2)7-10(12(9)16)13(14)17/h4-7H,3H2,1-2H3,(H2,14,17). The lowest BCUT2D eigenvalue weighted by atomic mass is 10.1. The Kier molecular flexibility index (Phi) is 2.71. The van der Waals surface area contributed by atoms with Gasteiger partial charge in [0, 0.05) is 18.6 Å². The van der Waals surface area contributed by atoms with Gasteiger partial charge in [-0.25, -0.2) is 0 Å². The summed E-state index contributed by atoms with van der Waals surface area (Å²) in [5.41, 5.74) is 6.88. The summed E-state index contributed by atoms with van der Waals surface area (Å²) >= 11 is 0. The van der Waals surface area contributed by atoms with Gasteiger partial charge in [0.15, 0.2) is 0 Å². The predicted octanol–water partition coefficient (Wildman–Crippen LogP) is 1.20. The van der Waals surface area contributed by atoms with E-state index in [0.717, 1.165) is 17.5 Å². The molecule has 88 valence electrons. The minimum Gasteiger partial charge on any atom is -0.365 e. The van der Waals surface area contributed by atoms with E-state index in [0.29, 0.717) is 5.39 Å². The number of amides is 1. The van der Waals surface area contributed by atoms with Crippen molar-refractivity contribution in [1.82, 2.24) is 4.57 Å². The normalized spacial score (nSPS) is 10.7. The molecule has 0 saturated heterocycles. The third-order valence-corrected chi connectivity index (χ3v) is 2.93. The average Bonchev–Trinajstić information content (AvgIpc) is 2.32. The van der Waals surface area contributed by atoms with Gasteiger partial charge in [0.25, 0.3) is 5.91 Å². The van der Waals surface area contributed by atoms with E-state index < -0.39 is 5.91 Å². The minimum atomic E-state index is -0.688. The zero-order chi connectivity index (χ0) is 12.6. The van der Waals surface area contributed by atoms with Crippen LogP contribution in [0.1, 0.15) is 22.8 Å². The van der Waals surface area contributed by atoms with Crippen LogP contribution in [0.5, 0.6) is 0 Å². The maximum absolute atomic E-state index is 12.0. The van der Waals surface area contributed by atoms with Crippen molar-refractivity contribution in [2.75, 3.05) is 0 Å². The van der Waals surface area contributed by atoms with Gasteiger partial charge in [-0.05, 0) is 24.1 Å². The van der Waals surface area contributed by atoms with Crippen molar-refractivity contribution >= 4 is 16.8 Å². The highest BCUT2D eigenvalue weighted by Gasteiger charge is 2.11. The molecule has 0 spiro atoms. The van der Waals surface area contributed by atoms with E-state index in [1.165, 1.54) is 6.20 Å². The SMILES string of the molecule is CCc1ccc2c(=O)c(C(N)=O)cn(C)c2c1. The first-order valence-corrected chi connectivity index (χ1v) is 5.46. The number of aryl methyl sites for hydroxylation is 2. The molecule has 1 amide bonds. The van der Waals surface area contributed by atoms with E-state index in [1.54, 1.807) is 17.7 Å². The number of carbonyl (C=O) groups excluding carboxylic acids is 1. The number of hydrogen-bond acceptors (Lipinski definition) is 2. The molecule has 0 fully saturated rings. The van der Waals surface area contributed by atoms with E-state index in [9.17, 15) is 9.59 Å². The van der Waals surface area contributed by atoms with Gasteiger partial charge in [-0.1, -0.05) is 13.0 Å². The quantitative estimate of drug-likeness (QED) is 0.842. The molecular weight excluding hydrogens is 216 g/mol. The van der Waals surface area contributed by atoms with Crippen molar-refractivity contribution in [1.29, 1.82) is 0 Å². The number of primary amides is 1. The van der Waals surface area contributed by atoms with Crippen LogP contribution in [0.3, 0.4) is 0 Å². The van der Waals surface area contributed by atoms with Crippen molar-refractivity contribution in [3.63, 3.8) is 0 Å². The number of aromatic nitrogens is 1. The lowest BCUT2D eigenvalue weighted by molar-refractivity contribution is 0.0999. The van der Waals surface area contributed by atoms with Gasteiger partial charge in [0.2, 0.25) is 5.43 Å². The Labute approximate surface area is 98.7 Å². The third kappa shape index (κ3) is 1.82. The van der Waals surface area contributed by atoms with Crippen LogP contribution in [0.15, 0.2) is 29.2 Å². The minimum absolute atomic E-state index is 0.0317. The Hall–Kier alpha value is -2.10. The van der Waals surface area contributed by atoms with Crippen LogP contribution in [0.2, 0.25) is 0 Å². The third-order valence-electron chi connectivity index (χ3n) is 2.93. The van der Waals surface area contributed by atoms with Crippen LogP contribution < -0.4 is 11.2 Å². The fraction of sp³-hybridized carbons (Fsp3) is 0.231. The first-order valence-electron chi connectivity index (χ1n) is 5.46. The maximum Gasteiger partial charge on any atom is 0.254 e. The second-order valence-electron chi connectivity index (χ2n) is 4.05. The lowest BCUT2D eigenvalue weighted by Gasteiger charge is -2.08. The second kappa shape index (κ2) is 4.05. The topological polar surface area (TPSA) is 65.1 Å². The second-order valence-corrected chi connectivity index (χ2v) is 4.05. The summed E-state index contributed by atoms with van der Waals surface area (Å²) in [6.45, 7) is 2.05. The van der Waals surface area contributed by atoms with Gasteiger partial charge < -0.3 is 10.3 Å². The smallest absolute Gasteiger partial charge is 0.254 e. The molecule has 0 saturated carbocycles. The monoisotopic (exact) mass is 230 g/mol. The summed E-state index contributed by atoms with van der Waals surface area (Å²) < 4.78 is 1.76. The molecule has 0 radical (unpaired) electrons. The van der Waals surface area contributed by atoms with E-state index >= 15 is 0 Å². The number of hydrogen-bond donors (Lipinski definition) is 1. The molecule has 1 heterocycles. The molecule has 4 nitrogen and oxygen atoms in total. The van der Waals surface area contributed by atoms with Crippen molar-refractivity contribution in [2.45, 2.75) is 13.3 Å². The number of nitrogens with zero attached hydrogens (tertiary/aromatic N) is 1. The number of nitrogens with two attached hydrogens (primary N) is 1. The summed E-state index contributed by atoms with van der Waals surface area (Å²) in [5.74, 6) is -0.688. The molecule has 0 aliphatic heterocycles. The summed E-state index contributed by atoms with van der Waals surface area (Å²) in [4.78, 5) is 23.2. The molecule has 4 heteroatoms. The number of rotatable bonds is 2. The van der Waals surface area contributed by atoms with Crippen LogP contribution in [0.25, 0.3) is 10.9 Å². The van der Waals surface area contributed by atoms with Crippen LogP contribution >= 0.6 is 0 Å². The molecule has 0 aliphatic rings. The zero-order valence-electron chi connectivity index (χ0n) is 9.86. The summed E-state index contributed by atoms with van der Waals surface area (Å²) in [6.07, 6.45) is 2.40. The highest BCUT2D eigenvalue weighted by molar-refractivity contribution is 5.96. The van der Waals surface area contributed by atoms with Crippen LogP contribution in [-0.4, -0.2) is 10.5 Å². The van der Waals surface area contributed by atoms with E-state index in [-0.39, 0.29) is 11.0 Å². The first kappa shape index (κ1) is 11.4. The molecule has 0 atom stereocenters. The van der Waals surface area contributed by atoms with Crippen molar-refractivity contribution in [3.05, 3.63) is 45.7 Å². The Morgan fingerprint density at radius 3 is 2.71 bits per heavy atom. The predicted molar refractivity (Wildman–Crippen MR) is 67.1 cm³/mol. The summed E-state index contributed by atoms with van der Waals surface area (Å²) in [5, 5.41) is 0.529. The van der Waals surface area contributed by atoms with Gasteiger partial charge >= 0.3 is 0 Å². The lowest BCUT2D eigenvalue weighted by Crippen LogP contribution is -2.23. The molecular formula is C13H14N2O2. The maximum atomic E-state index is 12.0. The average molecular weight is 230 g/mol. The Bertz CT molecular complexity index is 656. The van der Waals surface area contributed by atoms with Crippen molar-refractivity contribution in [3.8, 4) is 0 Å². The molecule has 1 aromatic carbocycles. The van der Waals surface area contributed by atoms with Crippen molar-refractivity contribution in [2.24, 2.45) is 12.8 Å². The largest absolute Gasteiger partial charge is 0.365 e. The van der Waals surface area contributed by atoms with E-state index in [2.05, 4.69) is 6.92 Å². The summed E-state index contributed by atoms with van der Waals surface area (Å²) in [6, 6.07) is 5.61. The molecule has 2 aromatic rings. The fourth-order valence-electron chi connectivity index (χ4n) is 1.92. The van der Waals surface area contributed by atoms with E-state index in [4.69, 9.17) is 5.73 Å². The van der Waals surface area contributed by atoms with Gasteiger partial charge in [-0.3, -0.25) is 9.59 Å². The van der Waals surface area contributed by atoms with Crippen molar-refractivity contribution < 1.29 is 4.79 Å². The number of benzene rings is 1. The van der Waals surface area contributed by atoms with E-state index in [1.807, 2.05) is 12.1 Å². The Balaban J connectivity index is 2.87. The van der Waals surface area contributed by atoms with Gasteiger partial charge in [-0.15, -0.1) is 0 Å². The molecule has 0 unspecified atom stereocenters. The zero-order valence-corrected chi connectivity index (χ0v) is 9.86. The first-order chi connectivity index (χ1) is 8.04. The molecule has 0 bridgehead atoms. The van der Waals surface area contributed by atoms with Crippen LogP contribution in [0, 0.1) is 0 Å². The highest BCUT2D eigenvalue weighted by Crippen LogP contribution is 2.13. The highest BCUT2D eigenvalue weighted by atomic mass is 16.2. The number of fused-ring (bicyclic) bond motifs is 1. The van der Waals surface area contributed by atoms with Gasteiger partial charge in [-0.2, -0.15) is 0 Å². The molecule has 0 aliphatic carbocycles.